The predicted molar refractivity (Wildman–Crippen MR) is 125 cm³/mol. The van der Waals surface area contributed by atoms with Crippen molar-refractivity contribution < 1.29 is 27.9 Å². The van der Waals surface area contributed by atoms with E-state index in [2.05, 4.69) is 39.4 Å². The molecular formula is C24H26F3N5O3. The van der Waals surface area contributed by atoms with E-state index < -0.39 is 23.6 Å². The molecular weight excluding hydrogens is 463 g/mol. The van der Waals surface area contributed by atoms with Gasteiger partial charge in [0.15, 0.2) is 5.82 Å². The van der Waals surface area contributed by atoms with Crippen LogP contribution >= 0.6 is 0 Å². The molecule has 0 aliphatic carbocycles. The summed E-state index contributed by atoms with van der Waals surface area (Å²) in [4.78, 5) is 34.9. The molecule has 0 radical (unpaired) electrons. The van der Waals surface area contributed by atoms with Gasteiger partial charge >= 0.3 is 12.1 Å². The molecule has 8 nitrogen and oxygen atoms in total. The molecule has 3 aromatic rings. The molecule has 0 aliphatic rings. The number of aliphatic carboxylic acids is 1. The number of nitrogens with zero attached hydrogens (tertiary/aromatic N) is 3. The SMILES string of the molecule is CCC.O=C(O)CCNC(=O)c1ccc(NCc2cnc(-c3ccc(C(F)(F)F)cc3)nc2)nc1. The van der Waals surface area contributed by atoms with Gasteiger partial charge in [-0.3, -0.25) is 9.59 Å². The smallest absolute Gasteiger partial charge is 0.416 e. The molecule has 35 heavy (non-hydrogen) atoms. The van der Waals surface area contributed by atoms with Crippen molar-refractivity contribution in [3.05, 3.63) is 71.7 Å². The van der Waals surface area contributed by atoms with Crippen LogP contribution in [0.25, 0.3) is 11.4 Å². The summed E-state index contributed by atoms with van der Waals surface area (Å²) in [6.45, 7) is 4.61. The molecule has 0 spiro atoms. The van der Waals surface area contributed by atoms with Crippen molar-refractivity contribution in [3.8, 4) is 11.4 Å². The Morgan fingerprint density at radius 3 is 2.09 bits per heavy atom. The Hall–Kier alpha value is -4.02. The Kier molecular flexibility index (Phi) is 10.1. The zero-order chi connectivity index (χ0) is 25.8. The number of amides is 1. The maximum Gasteiger partial charge on any atom is 0.416 e. The van der Waals surface area contributed by atoms with Crippen molar-refractivity contribution in [2.45, 2.75) is 39.4 Å². The molecule has 0 unspecified atom stereocenters. The molecule has 2 heterocycles. The third-order valence-electron chi connectivity index (χ3n) is 4.30. The summed E-state index contributed by atoms with van der Waals surface area (Å²) >= 11 is 0. The lowest BCUT2D eigenvalue weighted by Gasteiger charge is -2.08. The molecule has 3 N–H and O–H groups in total. The molecule has 2 aromatic heterocycles. The van der Waals surface area contributed by atoms with E-state index in [1.165, 1.54) is 24.8 Å². The first-order chi connectivity index (χ1) is 16.6. The zero-order valence-electron chi connectivity index (χ0n) is 19.3. The third kappa shape index (κ3) is 9.03. The second-order valence-corrected chi connectivity index (χ2v) is 7.38. The van der Waals surface area contributed by atoms with Crippen molar-refractivity contribution in [1.29, 1.82) is 0 Å². The topological polar surface area (TPSA) is 117 Å². The molecule has 0 saturated heterocycles. The highest BCUT2D eigenvalue weighted by Gasteiger charge is 2.30. The number of carbonyl (C=O) groups is 2. The summed E-state index contributed by atoms with van der Waals surface area (Å²) in [5.74, 6) is -0.616. The predicted octanol–water partition coefficient (Wildman–Crippen LogP) is 4.79. The minimum absolute atomic E-state index is 0.0244. The Labute approximate surface area is 200 Å². The minimum atomic E-state index is -4.40. The van der Waals surface area contributed by atoms with E-state index in [-0.39, 0.29) is 13.0 Å². The van der Waals surface area contributed by atoms with Gasteiger partial charge in [0.1, 0.15) is 5.82 Å². The Bertz CT molecular complexity index is 1090. The van der Waals surface area contributed by atoms with Crippen LogP contribution in [-0.4, -0.2) is 38.5 Å². The van der Waals surface area contributed by atoms with Crippen LogP contribution in [0.3, 0.4) is 0 Å². The lowest BCUT2D eigenvalue weighted by molar-refractivity contribution is -0.138. The number of hydrogen-bond acceptors (Lipinski definition) is 6. The van der Waals surface area contributed by atoms with Crippen LogP contribution < -0.4 is 10.6 Å². The number of carboxylic acids is 1. The standard InChI is InChI=1S/C21H18F3N5O3.C3H8/c22-21(23,24)16-4-1-14(2-5-16)19-28-10-13(11-29-19)9-26-17-6-3-15(12-27-17)20(32)25-8-7-18(30)31;1-3-2/h1-6,10-12H,7-9H2,(H,25,32)(H,26,27)(H,30,31);3H2,1-2H3. The molecule has 0 fully saturated rings. The highest BCUT2D eigenvalue weighted by atomic mass is 19.4. The molecule has 0 bridgehead atoms. The highest BCUT2D eigenvalue weighted by molar-refractivity contribution is 5.94. The summed E-state index contributed by atoms with van der Waals surface area (Å²) in [6, 6.07) is 7.75. The number of rotatable bonds is 8. The van der Waals surface area contributed by atoms with Gasteiger partial charge in [0.25, 0.3) is 5.91 Å². The first kappa shape index (κ1) is 27.2. The van der Waals surface area contributed by atoms with Crippen LogP contribution in [0.15, 0.2) is 55.0 Å². The number of carbonyl (C=O) groups excluding carboxylic acids is 1. The second kappa shape index (κ2) is 13.0. The van der Waals surface area contributed by atoms with E-state index in [0.29, 0.717) is 29.3 Å². The van der Waals surface area contributed by atoms with Gasteiger partial charge in [-0.05, 0) is 24.3 Å². The van der Waals surface area contributed by atoms with Gasteiger partial charge in [-0.1, -0.05) is 32.4 Å². The average Bonchev–Trinajstić information content (AvgIpc) is 2.83. The van der Waals surface area contributed by atoms with E-state index in [1.807, 2.05) is 0 Å². The number of benzene rings is 1. The fourth-order valence-electron chi connectivity index (χ4n) is 2.61. The van der Waals surface area contributed by atoms with Crippen molar-refractivity contribution in [2.24, 2.45) is 0 Å². The van der Waals surface area contributed by atoms with Crippen molar-refractivity contribution in [2.75, 3.05) is 11.9 Å². The van der Waals surface area contributed by atoms with E-state index in [9.17, 15) is 22.8 Å². The van der Waals surface area contributed by atoms with Crippen molar-refractivity contribution in [3.63, 3.8) is 0 Å². The number of nitrogens with one attached hydrogen (secondary N) is 2. The number of pyridine rings is 1. The fourth-order valence-corrected chi connectivity index (χ4v) is 2.61. The maximum absolute atomic E-state index is 12.7. The number of anilines is 1. The monoisotopic (exact) mass is 489 g/mol. The average molecular weight is 489 g/mol. The first-order valence-electron chi connectivity index (χ1n) is 10.8. The molecule has 3 rings (SSSR count). The van der Waals surface area contributed by atoms with Gasteiger partial charge in [-0.25, -0.2) is 15.0 Å². The van der Waals surface area contributed by atoms with Crippen LogP contribution in [0.1, 0.15) is 48.2 Å². The Morgan fingerprint density at radius 1 is 0.943 bits per heavy atom. The van der Waals surface area contributed by atoms with Crippen LogP contribution in [-0.2, 0) is 17.5 Å². The van der Waals surface area contributed by atoms with Crippen LogP contribution in [0.2, 0.25) is 0 Å². The molecule has 1 aromatic carbocycles. The second-order valence-electron chi connectivity index (χ2n) is 7.38. The summed E-state index contributed by atoms with van der Waals surface area (Å²) in [7, 11) is 0. The summed E-state index contributed by atoms with van der Waals surface area (Å²) < 4.78 is 38.0. The van der Waals surface area contributed by atoms with Gasteiger partial charge in [-0.15, -0.1) is 0 Å². The molecule has 0 aliphatic heterocycles. The van der Waals surface area contributed by atoms with E-state index >= 15 is 0 Å². The van der Waals surface area contributed by atoms with Gasteiger partial charge in [0, 0.05) is 42.8 Å². The molecule has 186 valence electrons. The highest BCUT2D eigenvalue weighted by Crippen LogP contribution is 2.30. The summed E-state index contributed by atoms with van der Waals surface area (Å²) in [5, 5.41) is 14.1. The number of halogens is 3. The van der Waals surface area contributed by atoms with Crippen molar-refractivity contribution >= 4 is 17.7 Å². The van der Waals surface area contributed by atoms with Gasteiger partial charge in [0.05, 0.1) is 17.5 Å². The maximum atomic E-state index is 12.7. The third-order valence-corrected chi connectivity index (χ3v) is 4.30. The molecule has 11 heteroatoms. The quantitative estimate of drug-likeness (QED) is 0.416. The molecule has 1 amide bonds. The van der Waals surface area contributed by atoms with Gasteiger partial charge in [0.2, 0.25) is 0 Å². The fraction of sp³-hybridized carbons (Fsp3) is 0.292. The van der Waals surface area contributed by atoms with Crippen LogP contribution in [0.5, 0.6) is 0 Å². The zero-order valence-corrected chi connectivity index (χ0v) is 19.3. The van der Waals surface area contributed by atoms with Gasteiger partial charge < -0.3 is 15.7 Å². The lowest BCUT2D eigenvalue weighted by atomic mass is 10.1. The van der Waals surface area contributed by atoms with E-state index in [0.717, 1.165) is 17.7 Å². The van der Waals surface area contributed by atoms with Crippen LogP contribution in [0, 0.1) is 0 Å². The normalized spacial score (nSPS) is 10.7. The summed E-state index contributed by atoms with van der Waals surface area (Å²) in [5.41, 5.74) is 0.748. The van der Waals surface area contributed by atoms with E-state index in [4.69, 9.17) is 5.11 Å². The van der Waals surface area contributed by atoms with E-state index in [1.54, 1.807) is 24.5 Å². The summed E-state index contributed by atoms with van der Waals surface area (Å²) in [6.07, 6.45) is 1.15. The minimum Gasteiger partial charge on any atom is -0.481 e. The molecule has 0 saturated carbocycles. The lowest BCUT2D eigenvalue weighted by Crippen LogP contribution is -2.26. The largest absolute Gasteiger partial charge is 0.481 e. The van der Waals surface area contributed by atoms with Gasteiger partial charge in [-0.2, -0.15) is 13.2 Å². The van der Waals surface area contributed by atoms with Crippen LogP contribution in [0.4, 0.5) is 19.0 Å². The Morgan fingerprint density at radius 2 is 1.57 bits per heavy atom. The number of aromatic nitrogens is 3. The van der Waals surface area contributed by atoms with Crippen molar-refractivity contribution in [1.82, 2.24) is 20.3 Å². The number of alkyl halides is 3. The molecule has 0 atom stereocenters. The Balaban J connectivity index is 0.00000137. The number of carboxylic acid groups (broad SMARTS) is 1. The number of hydrogen-bond donors (Lipinski definition) is 3. The first-order valence-corrected chi connectivity index (χ1v) is 10.8.